The summed E-state index contributed by atoms with van der Waals surface area (Å²) in [5.74, 6) is 0.251. The lowest BCUT2D eigenvalue weighted by Crippen LogP contribution is -2.32. The van der Waals surface area contributed by atoms with E-state index in [2.05, 4.69) is 15.5 Å². The number of anilines is 2. The highest BCUT2D eigenvalue weighted by Gasteiger charge is 2.35. The molecule has 8 heteroatoms. The van der Waals surface area contributed by atoms with Crippen LogP contribution in [0.2, 0.25) is 0 Å². The predicted molar refractivity (Wildman–Crippen MR) is 101 cm³/mol. The van der Waals surface area contributed by atoms with E-state index in [-0.39, 0.29) is 23.6 Å². The van der Waals surface area contributed by atoms with Gasteiger partial charge in [-0.05, 0) is 31.4 Å². The monoisotopic (exact) mass is 376 g/mol. The third-order valence-electron chi connectivity index (χ3n) is 3.83. The number of nitrogens with zero attached hydrogens (tertiary/aromatic N) is 3. The summed E-state index contributed by atoms with van der Waals surface area (Å²) >= 11 is 2.71. The Labute approximate surface area is 155 Å². The number of amides is 2. The topological polar surface area (TPSA) is 75.2 Å². The first-order valence-electron chi connectivity index (χ1n) is 8.22. The fraction of sp³-hybridized carbons (Fsp3) is 0.412. The van der Waals surface area contributed by atoms with Gasteiger partial charge in [0.25, 0.3) is 0 Å². The summed E-state index contributed by atoms with van der Waals surface area (Å²) in [5.41, 5.74) is 1.84. The lowest BCUT2D eigenvalue weighted by Gasteiger charge is -2.17. The van der Waals surface area contributed by atoms with Crippen molar-refractivity contribution in [1.29, 1.82) is 0 Å². The molecule has 25 heavy (non-hydrogen) atoms. The minimum Gasteiger partial charge on any atom is -0.325 e. The third-order valence-corrected chi connectivity index (χ3v) is 5.89. The molecule has 0 saturated heterocycles. The van der Waals surface area contributed by atoms with E-state index in [0.29, 0.717) is 15.9 Å². The van der Waals surface area contributed by atoms with Gasteiger partial charge in [-0.3, -0.25) is 14.5 Å². The summed E-state index contributed by atoms with van der Waals surface area (Å²) in [7, 11) is 0. The van der Waals surface area contributed by atoms with Crippen LogP contribution in [-0.4, -0.2) is 33.8 Å². The average molecular weight is 377 g/mol. The van der Waals surface area contributed by atoms with E-state index in [4.69, 9.17) is 0 Å². The molecule has 0 radical (unpaired) electrons. The van der Waals surface area contributed by atoms with Crippen molar-refractivity contribution in [3.63, 3.8) is 0 Å². The Morgan fingerprint density at radius 1 is 1.32 bits per heavy atom. The van der Waals surface area contributed by atoms with Crippen LogP contribution in [-0.2, 0) is 9.59 Å². The van der Waals surface area contributed by atoms with Crippen LogP contribution in [0.4, 0.5) is 10.8 Å². The minimum atomic E-state index is -0.0836. The van der Waals surface area contributed by atoms with Crippen LogP contribution in [0.15, 0.2) is 28.6 Å². The molecule has 1 aromatic heterocycles. The Hall–Kier alpha value is -1.93. The van der Waals surface area contributed by atoms with E-state index >= 15 is 0 Å². The van der Waals surface area contributed by atoms with Crippen LogP contribution < -0.4 is 10.2 Å². The zero-order chi connectivity index (χ0) is 17.8. The van der Waals surface area contributed by atoms with Crippen LogP contribution >= 0.6 is 23.1 Å². The molecule has 6 nitrogen and oxygen atoms in total. The molecule has 1 fully saturated rings. The quantitative estimate of drug-likeness (QED) is 0.591. The van der Waals surface area contributed by atoms with Crippen LogP contribution in [0.3, 0.4) is 0 Å². The van der Waals surface area contributed by atoms with Crippen molar-refractivity contribution < 1.29 is 9.59 Å². The third kappa shape index (κ3) is 4.58. The Bertz CT molecular complexity index is 774. The molecule has 2 amide bonds. The normalized spacial score (nSPS) is 13.5. The Morgan fingerprint density at radius 3 is 2.76 bits per heavy atom. The molecule has 1 saturated carbocycles. The van der Waals surface area contributed by atoms with Gasteiger partial charge in [0.1, 0.15) is 0 Å². The standard InChI is InChI=1S/C17H20N4O2S2/c1-3-15(23)21(12-8-9-12)16-19-20-17(25-16)24-10-14(22)18-13-7-5-4-6-11(13)2/h4-7,12H,3,8-10H2,1-2H3,(H,18,22). The largest absolute Gasteiger partial charge is 0.325 e. The summed E-state index contributed by atoms with van der Waals surface area (Å²) in [6, 6.07) is 7.93. The van der Waals surface area contributed by atoms with Crippen LogP contribution in [0.1, 0.15) is 31.7 Å². The number of benzene rings is 1. The maximum Gasteiger partial charge on any atom is 0.234 e. The fourth-order valence-electron chi connectivity index (χ4n) is 2.35. The Balaban J connectivity index is 1.57. The van der Waals surface area contributed by atoms with Crippen LogP contribution in [0.5, 0.6) is 0 Å². The highest BCUT2D eigenvalue weighted by Crippen LogP contribution is 2.36. The first-order valence-corrected chi connectivity index (χ1v) is 10.0. The number of carbonyl (C=O) groups is 2. The highest BCUT2D eigenvalue weighted by atomic mass is 32.2. The Kier molecular flexibility index (Phi) is 5.70. The number of aryl methyl sites for hydroxylation is 1. The summed E-state index contributed by atoms with van der Waals surface area (Å²) < 4.78 is 0.699. The summed E-state index contributed by atoms with van der Waals surface area (Å²) in [5, 5.41) is 11.8. The first kappa shape index (κ1) is 17.9. The lowest BCUT2D eigenvalue weighted by molar-refractivity contribution is -0.118. The van der Waals surface area contributed by atoms with E-state index in [9.17, 15) is 9.59 Å². The van der Waals surface area contributed by atoms with E-state index in [0.717, 1.165) is 24.1 Å². The zero-order valence-corrected chi connectivity index (χ0v) is 15.8. The molecule has 2 aromatic rings. The van der Waals surface area contributed by atoms with Crippen molar-refractivity contribution in [3.05, 3.63) is 29.8 Å². The van der Waals surface area contributed by atoms with Gasteiger partial charge in [0.2, 0.25) is 16.9 Å². The number of hydrogen-bond acceptors (Lipinski definition) is 6. The van der Waals surface area contributed by atoms with Gasteiger partial charge in [0.15, 0.2) is 4.34 Å². The first-order chi connectivity index (χ1) is 12.1. The molecule has 3 rings (SSSR count). The molecule has 0 unspecified atom stereocenters. The molecular weight excluding hydrogens is 356 g/mol. The second-order valence-electron chi connectivity index (χ2n) is 5.85. The molecule has 1 N–H and O–H groups in total. The maximum atomic E-state index is 12.1. The van der Waals surface area contributed by atoms with Crippen molar-refractivity contribution in [2.75, 3.05) is 16.0 Å². The predicted octanol–water partition coefficient (Wildman–Crippen LogP) is 3.48. The smallest absolute Gasteiger partial charge is 0.234 e. The molecule has 1 aliphatic rings. The molecular formula is C17H20N4O2S2. The molecule has 0 atom stereocenters. The highest BCUT2D eigenvalue weighted by molar-refractivity contribution is 8.01. The van der Waals surface area contributed by atoms with Gasteiger partial charge in [-0.15, -0.1) is 10.2 Å². The molecule has 1 aromatic carbocycles. The van der Waals surface area contributed by atoms with Gasteiger partial charge < -0.3 is 5.32 Å². The lowest BCUT2D eigenvalue weighted by atomic mass is 10.2. The van der Waals surface area contributed by atoms with Crippen molar-refractivity contribution in [2.45, 2.75) is 43.5 Å². The Morgan fingerprint density at radius 2 is 2.08 bits per heavy atom. The van der Waals surface area contributed by atoms with E-state index in [1.165, 1.54) is 23.1 Å². The molecule has 0 aliphatic heterocycles. The summed E-state index contributed by atoms with van der Waals surface area (Å²) in [4.78, 5) is 26.0. The zero-order valence-electron chi connectivity index (χ0n) is 14.2. The van der Waals surface area contributed by atoms with E-state index in [1.54, 1.807) is 4.90 Å². The van der Waals surface area contributed by atoms with Gasteiger partial charge >= 0.3 is 0 Å². The van der Waals surface area contributed by atoms with Gasteiger partial charge in [-0.25, -0.2) is 0 Å². The minimum absolute atomic E-state index is 0.0764. The van der Waals surface area contributed by atoms with Crippen molar-refractivity contribution in [1.82, 2.24) is 10.2 Å². The number of hydrogen-bond donors (Lipinski definition) is 1. The van der Waals surface area contributed by atoms with Crippen molar-refractivity contribution in [2.24, 2.45) is 0 Å². The van der Waals surface area contributed by atoms with Gasteiger partial charge in [0, 0.05) is 18.2 Å². The second-order valence-corrected chi connectivity index (χ2v) is 8.03. The molecule has 1 aliphatic carbocycles. The van der Waals surface area contributed by atoms with E-state index in [1.807, 2.05) is 38.1 Å². The number of nitrogens with one attached hydrogen (secondary N) is 1. The van der Waals surface area contributed by atoms with Crippen LogP contribution in [0.25, 0.3) is 0 Å². The summed E-state index contributed by atoms with van der Waals surface area (Å²) in [6.07, 6.45) is 2.50. The second kappa shape index (κ2) is 7.97. The molecule has 132 valence electrons. The van der Waals surface area contributed by atoms with Crippen LogP contribution in [0, 0.1) is 6.92 Å². The number of rotatable bonds is 7. The summed E-state index contributed by atoms with van der Waals surface area (Å²) in [6.45, 7) is 3.81. The molecule has 1 heterocycles. The van der Waals surface area contributed by atoms with Crippen molar-refractivity contribution >= 4 is 45.7 Å². The molecule has 0 spiro atoms. The van der Waals surface area contributed by atoms with Gasteiger partial charge in [-0.2, -0.15) is 0 Å². The van der Waals surface area contributed by atoms with Gasteiger partial charge in [-0.1, -0.05) is 48.2 Å². The van der Waals surface area contributed by atoms with Crippen molar-refractivity contribution in [3.8, 4) is 0 Å². The molecule has 0 bridgehead atoms. The number of carbonyl (C=O) groups excluding carboxylic acids is 2. The number of aromatic nitrogens is 2. The number of thioether (sulfide) groups is 1. The van der Waals surface area contributed by atoms with Gasteiger partial charge in [0.05, 0.1) is 5.75 Å². The maximum absolute atomic E-state index is 12.1. The van der Waals surface area contributed by atoms with E-state index < -0.39 is 0 Å². The number of para-hydroxylation sites is 1. The fourth-order valence-corrected chi connectivity index (χ4v) is 4.08. The SMILES string of the molecule is CCC(=O)N(c1nnc(SCC(=O)Nc2ccccc2C)s1)C1CC1. The average Bonchev–Trinajstić information content (AvgIpc) is 3.33.